The highest BCUT2D eigenvalue weighted by atomic mass is 32.2. The Balaban J connectivity index is 1.92. The number of amides is 1. The highest BCUT2D eigenvalue weighted by Crippen LogP contribution is 2.31. The van der Waals surface area contributed by atoms with Gasteiger partial charge in [0.05, 0.1) is 15.8 Å². The second-order valence-corrected chi connectivity index (χ2v) is 7.58. The van der Waals surface area contributed by atoms with Gasteiger partial charge in [0, 0.05) is 4.90 Å². The van der Waals surface area contributed by atoms with Gasteiger partial charge in [0.15, 0.2) is 5.13 Å². The number of carbonyl (C=O) groups is 1. The number of hydrogen-bond acceptors (Lipinski definition) is 4. The smallest absolute Gasteiger partial charge is 0.258 e. The van der Waals surface area contributed by atoms with Crippen LogP contribution in [0.3, 0.4) is 0 Å². The molecule has 0 bridgehead atoms. The monoisotopic (exact) mass is 342 g/mol. The molecule has 1 amide bonds. The number of nitrogens with zero attached hydrogens (tertiary/aromatic N) is 1. The maximum atomic E-state index is 12.6. The van der Waals surface area contributed by atoms with E-state index < -0.39 is 0 Å². The van der Waals surface area contributed by atoms with Crippen molar-refractivity contribution in [2.75, 3.05) is 11.1 Å². The molecule has 0 aliphatic heterocycles. The fourth-order valence-electron chi connectivity index (χ4n) is 2.41. The molecule has 3 rings (SSSR count). The lowest BCUT2D eigenvalue weighted by molar-refractivity contribution is 0.102. The number of anilines is 1. The number of fused-ring (bicyclic) bond motifs is 1. The van der Waals surface area contributed by atoms with E-state index in [1.54, 1.807) is 11.8 Å². The summed E-state index contributed by atoms with van der Waals surface area (Å²) in [4.78, 5) is 18.2. The van der Waals surface area contributed by atoms with Crippen molar-refractivity contribution in [3.05, 3.63) is 53.1 Å². The second kappa shape index (κ2) is 6.72. The van der Waals surface area contributed by atoms with Crippen LogP contribution in [0.25, 0.3) is 10.2 Å². The molecule has 3 aromatic rings. The third-order valence-electron chi connectivity index (χ3n) is 3.59. The van der Waals surface area contributed by atoms with Crippen molar-refractivity contribution in [3.63, 3.8) is 0 Å². The van der Waals surface area contributed by atoms with Crippen molar-refractivity contribution in [2.45, 2.75) is 25.7 Å². The van der Waals surface area contributed by atoms with E-state index in [-0.39, 0.29) is 5.91 Å². The van der Waals surface area contributed by atoms with Crippen molar-refractivity contribution in [3.8, 4) is 0 Å². The highest BCUT2D eigenvalue weighted by Gasteiger charge is 2.14. The van der Waals surface area contributed by atoms with Gasteiger partial charge in [-0.2, -0.15) is 0 Å². The molecule has 0 saturated carbocycles. The Morgan fingerprint density at radius 3 is 2.65 bits per heavy atom. The van der Waals surface area contributed by atoms with Crippen LogP contribution >= 0.6 is 23.1 Å². The fourth-order valence-corrected chi connectivity index (χ4v) is 4.22. The molecule has 3 nitrogen and oxygen atoms in total. The van der Waals surface area contributed by atoms with Crippen LogP contribution in [0.15, 0.2) is 41.3 Å². The summed E-state index contributed by atoms with van der Waals surface area (Å²) in [6.07, 6.45) is 0. The van der Waals surface area contributed by atoms with Crippen LogP contribution < -0.4 is 5.32 Å². The number of aromatic nitrogens is 1. The first kappa shape index (κ1) is 16.0. The lowest BCUT2D eigenvalue weighted by Crippen LogP contribution is -2.12. The van der Waals surface area contributed by atoms with E-state index in [1.165, 1.54) is 16.9 Å². The van der Waals surface area contributed by atoms with E-state index in [2.05, 4.69) is 36.3 Å². The zero-order chi connectivity index (χ0) is 16.4. The highest BCUT2D eigenvalue weighted by molar-refractivity contribution is 7.99. The molecular formula is C18H18N2OS2. The topological polar surface area (TPSA) is 42.0 Å². The summed E-state index contributed by atoms with van der Waals surface area (Å²) in [5, 5.41) is 3.61. The van der Waals surface area contributed by atoms with Gasteiger partial charge < -0.3 is 0 Å². The fraction of sp³-hybridized carbons (Fsp3) is 0.222. The predicted octanol–water partition coefficient (Wildman–Crippen LogP) is 5.28. The molecule has 0 aliphatic rings. The van der Waals surface area contributed by atoms with Crippen molar-refractivity contribution >= 4 is 44.4 Å². The van der Waals surface area contributed by atoms with E-state index >= 15 is 0 Å². The summed E-state index contributed by atoms with van der Waals surface area (Å²) in [6.45, 7) is 6.19. The molecule has 1 heterocycles. The minimum absolute atomic E-state index is 0.101. The van der Waals surface area contributed by atoms with Crippen LogP contribution in [0, 0.1) is 13.8 Å². The van der Waals surface area contributed by atoms with Gasteiger partial charge in [0.2, 0.25) is 0 Å². The summed E-state index contributed by atoms with van der Waals surface area (Å²) in [5.41, 5.74) is 3.99. The van der Waals surface area contributed by atoms with Crippen LogP contribution in [0.1, 0.15) is 28.4 Å². The Hall–Kier alpha value is -1.85. The lowest BCUT2D eigenvalue weighted by Gasteiger charge is -2.07. The largest absolute Gasteiger partial charge is 0.298 e. The Labute approximate surface area is 144 Å². The molecule has 2 aromatic carbocycles. The maximum Gasteiger partial charge on any atom is 0.258 e. The Morgan fingerprint density at radius 1 is 1.17 bits per heavy atom. The van der Waals surface area contributed by atoms with Crippen LogP contribution in [0.4, 0.5) is 5.13 Å². The summed E-state index contributed by atoms with van der Waals surface area (Å²) < 4.78 is 1.14. The molecule has 1 aromatic heterocycles. The zero-order valence-corrected chi connectivity index (χ0v) is 15.0. The number of rotatable bonds is 4. The first-order valence-electron chi connectivity index (χ1n) is 7.50. The molecule has 118 valence electrons. The van der Waals surface area contributed by atoms with Gasteiger partial charge in [-0.05, 0) is 42.9 Å². The van der Waals surface area contributed by atoms with Crippen LogP contribution in [0.5, 0.6) is 0 Å². The standard InChI is InChI=1S/C18H18N2OS2/c1-4-22-14-8-6-5-7-13(14)17(21)20-18-19-15-11(2)9-10-12(3)16(15)23-18/h5-10H,4H2,1-3H3,(H,19,20,21). The molecular weight excluding hydrogens is 324 g/mol. The van der Waals surface area contributed by atoms with Gasteiger partial charge in [-0.25, -0.2) is 4.98 Å². The molecule has 0 unspecified atom stereocenters. The van der Waals surface area contributed by atoms with Crippen molar-refractivity contribution in [1.82, 2.24) is 4.98 Å². The van der Waals surface area contributed by atoms with E-state index in [1.807, 2.05) is 31.2 Å². The molecule has 0 atom stereocenters. The third-order valence-corrected chi connectivity index (χ3v) is 5.66. The molecule has 0 spiro atoms. The van der Waals surface area contributed by atoms with Gasteiger partial charge in [-0.3, -0.25) is 10.1 Å². The maximum absolute atomic E-state index is 12.6. The lowest BCUT2D eigenvalue weighted by atomic mass is 10.1. The van der Waals surface area contributed by atoms with Crippen molar-refractivity contribution in [2.24, 2.45) is 0 Å². The quantitative estimate of drug-likeness (QED) is 0.656. The number of benzene rings is 2. The second-order valence-electron chi connectivity index (χ2n) is 5.28. The molecule has 23 heavy (non-hydrogen) atoms. The predicted molar refractivity (Wildman–Crippen MR) is 99.9 cm³/mol. The average Bonchev–Trinajstić information content (AvgIpc) is 2.97. The van der Waals surface area contributed by atoms with E-state index in [4.69, 9.17) is 0 Å². The Kier molecular flexibility index (Phi) is 4.68. The number of thiazole rings is 1. The summed E-state index contributed by atoms with van der Waals surface area (Å²) >= 11 is 3.20. The van der Waals surface area contributed by atoms with Gasteiger partial charge >= 0.3 is 0 Å². The third kappa shape index (κ3) is 3.26. The summed E-state index contributed by atoms with van der Waals surface area (Å²) in [7, 11) is 0. The van der Waals surface area contributed by atoms with Crippen molar-refractivity contribution in [1.29, 1.82) is 0 Å². The van der Waals surface area contributed by atoms with Crippen LogP contribution in [0.2, 0.25) is 0 Å². The molecule has 1 N–H and O–H groups in total. The number of nitrogens with one attached hydrogen (secondary N) is 1. The number of aryl methyl sites for hydroxylation is 2. The average molecular weight is 342 g/mol. The van der Waals surface area contributed by atoms with Gasteiger partial charge in [0.25, 0.3) is 5.91 Å². The Morgan fingerprint density at radius 2 is 1.91 bits per heavy atom. The van der Waals surface area contributed by atoms with E-state index in [9.17, 15) is 4.79 Å². The van der Waals surface area contributed by atoms with Crippen LogP contribution in [-0.4, -0.2) is 16.6 Å². The summed E-state index contributed by atoms with van der Waals surface area (Å²) in [5.74, 6) is 0.833. The first-order chi connectivity index (χ1) is 11.1. The van der Waals surface area contributed by atoms with Crippen molar-refractivity contribution < 1.29 is 4.79 Å². The molecule has 0 aliphatic carbocycles. The molecule has 0 saturated heterocycles. The van der Waals surface area contributed by atoms with Gasteiger partial charge in [-0.1, -0.05) is 42.5 Å². The molecule has 0 radical (unpaired) electrons. The normalized spacial score (nSPS) is 10.9. The summed E-state index contributed by atoms with van der Waals surface area (Å²) in [6, 6.07) is 11.8. The van der Waals surface area contributed by atoms with E-state index in [0.717, 1.165) is 26.4 Å². The van der Waals surface area contributed by atoms with Gasteiger partial charge in [-0.15, -0.1) is 11.8 Å². The first-order valence-corrected chi connectivity index (χ1v) is 9.30. The SMILES string of the molecule is CCSc1ccccc1C(=O)Nc1nc2c(C)ccc(C)c2s1. The number of carbonyl (C=O) groups excluding carboxylic acids is 1. The molecule has 5 heteroatoms. The minimum atomic E-state index is -0.101. The number of hydrogen-bond donors (Lipinski definition) is 1. The van der Waals surface area contributed by atoms with E-state index in [0.29, 0.717) is 10.7 Å². The minimum Gasteiger partial charge on any atom is -0.298 e. The van der Waals surface area contributed by atoms with Crippen LogP contribution in [-0.2, 0) is 0 Å². The zero-order valence-electron chi connectivity index (χ0n) is 13.3. The Bertz CT molecular complexity index is 832. The number of thioether (sulfide) groups is 1. The molecule has 0 fully saturated rings. The van der Waals surface area contributed by atoms with Gasteiger partial charge in [0.1, 0.15) is 0 Å².